The highest BCUT2D eigenvalue weighted by Gasteiger charge is 2.32. The average molecular weight is 399 g/mol. The van der Waals surface area contributed by atoms with E-state index in [4.69, 9.17) is 5.73 Å². The number of fused-ring (bicyclic) bond motifs is 2. The van der Waals surface area contributed by atoms with Crippen LogP contribution in [0, 0.1) is 0 Å². The van der Waals surface area contributed by atoms with Crippen molar-refractivity contribution in [2.24, 2.45) is 5.73 Å². The molecule has 1 aliphatic rings. The molecule has 2 aromatic carbocycles. The topological polar surface area (TPSA) is 63.2 Å². The second-order valence-corrected chi connectivity index (χ2v) is 8.23. The lowest BCUT2D eigenvalue weighted by Gasteiger charge is -2.33. The molecule has 0 fully saturated rings. The SMILES string of the molecule is C=C(O)c1cccc2c1CB(CC)C(NC(=C)c1cccc3c1ccn3CCN)C2. The van der Waals surface area contributed by atoms with Gasteiger partial charge in [-0.3, -0.25) is 0 Å². The Kier molecular flexibility index (Phi) is 5.73. The second kappa shape index (κ2) is 8.45. The number of benzene rings is 2. The van der Waals surface area contributed by atoms with Crippen molar-refractivity contribution in [3.05, 3.63) is 84.1 Å². The van der Waals surface area contributed by atoms with Gasteiger partial charge in [-0.05, 0) is 36.0 Å². The third-order valence-corrected chi connectivity index (χ3v) is 6.45. The number of aromatic nitrogens is 1. The van der Waals surface area contributed by atoms with Gasteiger partial charge in [-0.15, -0.1) is 0 Å². The van der Waals surface area contributed by atoms with Gasteiger partial charge in [-0.2, -0.15) is 0 Å². The Hall–Kier alpha value is -2.92. The Morgan fingerprint density at radius 3 is 2.70 bits per heavy atom. The van der Waals surface area contributed by atoms with Gasteiger partial charge in [0, 0.05) is 53.0 Å². The summed E-state index contributed by atoms with van der Waals surface area (Å²) in [4.78, 5) is 0. The molecule has 0 radical (unpaired) electrons. The van der Waals surface area contributed by atoms with Crippen molar-refractivity contribution in [2.45, 2.75) is 38.5 Å². The van der Waals surface area contributed by atoms with Crippen LogP contribution in [0.1, 0.15) is 29.2 Å². The summed E-state index contributed by atoms with van der Waals surface area (Å²) in [6, 6.07) is 14.7. The monoisotopic (exact) mass is 399 g/mol. The van der Waals surface area contributed by atoms with E-state index in [2.05, 4.69) is 66.5 Å². The molecule has 0 saturated heterocycles. The summed E-state index contributed by atoms with van der Waals surface area (Å²) in [6.45, 7) is 12.3. The maximum absolute atomic E-state index is 10.0. The molecule has 1 aromatic heterocycles. The average Bonchev–Trinajstić information content (AvgIpc) is 3.16. The molecule has 0 bridgehead atoms. The molecule has 30 heavy (non-hydrogen) atoms. The lowest BCUT2D eigenvalue weighted by Crippen LogP contribution is -2.48. The van der Waals surface area contributed by atoms with Gasteiger partial charge in [0.1, 0.15) is 5.76 Å². The minimum Gasteiger partial charge on any atom is -0.508 e. The largest absolute Gasteiger partial charge is 0.508 e. The van der Waals surface area contributed by atoms with E-state index in [1.54, 1.807) is 0 Å². The summed E-state index contributed by atoms with van der Waals surface area (Å²) in [5.41, 5.74) is 12.4. The van der Waals surface area contributed by atoms with E-state index in [9.17, 15) is 5.11 Å². The van der Waals surface area contributed by atoms with Gasteiger partial charge in [-0.25, -0.2) is 0 Å². The molecule has 0 spiro atoms. The number of nitrogens with two attached hydrogens (primary N) is 1. The van der Waals surface area contributed by atoms with E-state index in [0.29, 0.717) is 19.2 Å². The number of rotatable bonds is 7. The molecule has 4 nitrogen and oxygen atoms in total. The van der Waals surface area contributed by atoms with Crippen molar-refractivity contribution in [2.75, 3.05) is 6.54 Å². The molecular formula is C25H30BN3O. The molecule has 0 aliphatic carbocycles. The van der Waals surface area contributed by atoms with Gasteiger partial charge in [0.05, 0.1) is 0 Å². The normalized spacial score (nSPS) is 15.8. The van der Waals surface area contributed by atoms with Crippen molar-refractivity contribution < 1.29 is 5.11 Å². The molecule has 5 heteroatoms. The van der Waals surface area contributed by atoms with E-state index >= 15 is 0 Å². The minimum atomic E-state index is 0.159. The zero-order valence-corrected chi connectivity index (χ0v) is 17.7. The standard InChI is InChI=1S/C25H30BN3O/c1-4-26-16-23-19(7-5-9-21(23)18(3)30)15-25(26)28-17(2)20-8-6-10-24-22(20)11-13-29(24)14-12-27/h5-11,13,25,28,30H,2-4,12,14-16,27H2,1H3. The van der Waals surface area contributed by atoms with Crippen molar-refractivity contribution in [3.63, 3.8) is 0 Å². The van der Waals surface area contributed by atoms with Crippen molar-refractivity contribution in [3.8, 4) is 0 Å². The predicted octanol–water partition coefficient (Wildman–Crippen LogP) is 4.45. The Bertz CT molecular complexity index is 1100. The highest BCUT2D eigenvalue weighted by Crippen LogP contribution is 2.30. The van der Waals surface area contributed by atoms with Crippen LogP contribution in [0.4, 0.5) is 0 Å². The van der Waals surface area contributed by atoms with E-state index in [1.165, 1.54) is 22.0 Å². The number of aliphatic hydroxyl groups is 1. The van der Waals surface area contributed by atoms with Crippen LogP contribution in [0.3, 0.4) is 0 Å². The number of nitrogens with zero attached hydrogens (tertiary/aromatic N) is 1. The Morgan fingerprint density at radius 2 is 1.97 bits per heavy atom. The molecule has 1 aliphatic heterocycles. The van der Waals surface area contributed by atoms with Gasteiger partial charge in [-0.1, -0.05) is 56.7 Å². The van der Waals surface area contributed by atoms with Gasteiger partial charge in [0.25, 0.3) is 0 Å². The van der Waals surface area contributed by atoms with Crippen LogP contribution in [-0.4, -0.2) is 28.9 Å². The van der Waals surface area contributed by atoms with Gasteiger partial charge in [0.2, 0.25) is 0 Å². The van der Waals surface area contributed by atoms with E-state index in [-0.39, 0.29) is 5.76 Å². The zero-order chi connectivity index (χ0) is 21.3. The molecule has 2 heterocycles. The summed E-state index contributed by atoms with van der Waals surface area (Å²) in [5, 5.41) is 15.0. The first-order valence-corrected chi connectivity index (χ1v) is 10.8. The lowest BCUT2D eigenvalue weighted by atomic mass is 9.36. The lowest BCUT2D eigenvalue weighted by molar-refractivity contribution is 0.512. The molecule has 1 unspecified atom stereocenters. The quantitative estimate of drug-likeness (QED) is 0.406. The van der Waals surface area contributed by atoms with Crippen LogP contribution in [0.25, 0.3) is 22.4 Å². The maximum atomic E-state index is 10.0. The number of aliphatic hydroxyl groups excluding tert-OH is 1. The summed E-state index contributed by atoms with van der Waals surface area (Å²) in [5.74, 6) is 0.463. The summed E-state index contributed by atoms with van der Waals surface area (Å²) >= 11 is 0. The first kappa shape index (κ1) is 20.4. The molecule has 1 atom stereocenters. The van der Waals surface area contributed by atoms with Crippen LogP contribution in [0.2, 0.25) is 6.32 Å². The van der Waals surface area contributed by atoms with Gasteiger partial charge >= 0.3 is 0 Å². The second-order valence-electron chi connectivity index (χ2n) is 8.23. The van der Waals surface area contributed by atoms with Gasteiger partial charge < -0.3 is 20.7 Å². The fourth-order valence-corrected chi connectivity index (χ4v) is 4.87. The van der Waals surface area contributed by atoms with Crippen molar-refractivity contribution in [1.29, 1.82) is 0 Å². The maximum Gasteiger partial charge on any atom is 0.171 e. The fraction of sp³-hybridized carbons (Fsp3) is 0.280. The van der Waals surface area contributed by atoms with E-state index < -0.39 is 0 Å². The van der Waals surface area contributed by atoms with Crippen molar-refractivity contribution >= 4 is 29.1 Å². The Labute approximate surface area is 179 Å². The fourth-order valence-electron chi connectivity index (χ4n) is 4.87. The van der Waals surface area contributed by atoms with Crippen LogP contribution < -0.4 is 11.1 Å². The number of hydrogen-bond donors (Lipinski definition) is 3. The van der Waals surface area contributed by atoms with Gasteiger partial charge in [0.15, 0.2) is 6.71 Å². The predicted molar refractivity (Wildman–Crippen MR) is 129 cm³/mol. The molecule has 3 aromatic rings. The zero-order valence-electron chi connectivity index (χ0n) is 17.7. The molecule has 0 amide bonds. The summed E-state index contributed by atoms with van der Waals surface area (Å²) < 4.78 is 2.20. The first-order chi connectivity index (χ1) is 14.5. The summed E-state index contributed by atoms with van der Waals surface area (Å²) in [7, 11) is 0. The van der Waals surface area contributed by atoms with Crippen molar-refractivity contribution in [1.82, 2.24) is 9.88 Å². The third-order valence-electron chi connectivity index (χ3n) is 6.45. The molecule has 4 N–H and O–H groups in total. The molecule has 154 valence electrons. The molecular weight excluding hydrogens is 369 g/mol. The Balaban J connectivity index is 1.61. The summed E-state index contributed by atoms with van der Waals surface area (Å²) in [6.07, 6.45) is 5.01. The molecule has 4 rings (SSSR count). The van der Waals surface area contributed by atoms with Crippen LogP contribution in [0.15, 0.2) is 61.8 Å². The van der Waals surface area contributed by atoms with E-state index in [0.717, 1.165) is 42.4 Å². The van der Waals surface area contributed by atoms with Crippen LogP contribution in [0.5, 0.6) is 0 Å². The molecule has 0 saturated carbocycles. The highest BCUT2D eigenvalue weighted by atomic mass is 16.3. The minimum absolute atomic E-state index is 0.159. The third kappa shape index (κ3) is 3.66. The highest BCUT2D eigenvalue weighted by molar-refractivity contribution is 6.60. The first-order valence-electron chi connectivity index (χ1n) is 10.8. The number of hydrogen-bond acceptors (Lipinski definition) is 3. The van der Waals surface area contributed by atoms with Crippen LogP contribution in [-0.2, 0) is 19.3 Å². The Morgan fingerprint density at radius 1 is 1.20 bits per heavy atom. The van der Waals surface area contributed by atoms with Crippen LogP contribution >= 0.6 is 0 Å². The van der Waals surface area contributed by atoms with E-state index in [1.807, 2.05) is 12.1 Å². The smallest absolute Gasteiger partial charge is 0.171 e. The number of nitrogens with one attached hydrogen (secondary N) is 1.